The van der Waals surface area contributed by atoms with Crippen LogP contribution in [0.15, 0.2) is 18.2 Å². The number of benzene rings is 1. The molecule has 0 spiro atoms. The van der Waals surface area contributed by atoms with Gasteiger partial charge in [0.1, 0.15) is 18.2 Å². The fraction of sp³-hybridized carbons (Fsp3) is 0.400. The van der Waals surface area contributed by atoms with Crippen LogP contribution in [0.1, 0.15) is 5.56 Å². The molecule has 2 nitrogen and oxygen atoms in total. The molecule has 0 aliphatic heterocycles. The fourth-order valence-electron chi connectivity index (χ4n) is 1.17. The molecule has 0 fully saturated rings. The quantitative estimate of drug-likeness (QED) is 0.819. The highest BCUT2D eigenvalue weighted by molar-refractivity contribution is 5.33. The molecule has 0 aliphatic carbocycles. The normalized spacial score (nSPS) is 10.7. The van der Waals surface area contributed by atoms with Crippen molar-refractivity contribution in [1.82, 2.24) is 5.32 Å². The van der Waals surface area contributed by atoms with Crippen LogP contribution in [0.2, 0.25) is 0 Å². The lowest BCUT2D eigenvalue weighted by Crippen LogP contribution is -2.11. The first-order chi connectivity index (χ1) is 7.13. The number of hydrogen-bond donors (Lipinski definition) is 1. The van der Waals surface area contributed by atoms with Crippen molar-refractivity contribution in [2.75, 3.05) is 13.7 Å². The predicted molar refractivity (Wildman–Crippen MR) is 50.7 cm³/mol. The van der Waals surface area contributed by atoms with Crippen molar-refractivity contribution >= 4 is 0 Å². The predicted octanol–water partition coefficient (Wildman–Crippen LogP) is 2.19. The van der Waals surface area contributed by atoms with Gasteiger partial charge in [0.15, 0.2) is 0 Å². The first kappa shape index (κ1) is 11.8. The SMILES string of the molecule is CNCc1cc(F)ccc1OCC(F)F. The molecule has 0 bridgehead atoms. The standard InChI is InChI=1S/C10H12F3NO/c1-14-5-7-4-8(11)2-3-9(7)15-6-10(12)13/h2-4,10,14H,5-6H2,1H3. The summed E-state index contributed by atoms with van der Waals surface area (Å²) in [4.78, 5) is 0. The largest absolute Gasteiger partial charge is 0.487 e. The number of ether oxygens (including phenoxy) is 1. The van der Waals surface area contributed by atoms with Gasteiger partial charge in [0, 0.05) is 12.1 Å². The molecule has 1 aromatic carbocycles. The molecule has 84 valence electrons. The van der Waals surface area contributed by atoms with E-state index in [9.17, 15) is 13.2 Å². The summed E-state index contributed by atoms with van der Waals surface area (Å²) in [6, 6.07) is 3.79. The van der Waals surface area contributed by atoms with Gasteiger partial charge in [-0.3, -0.25) is 0 Å². The fourth-order valence-corrected chi connectivity index (χ4v) is 1.17. The van der Waals surface area contributed by atoms with E-state index >= 15 is 0 Å². The average Bonchev–Trinajstić information content (AvgIpc) is 2.17. The van der Waals surface area contributed by atoms with Crippen LogP contribution in [0, 0.1) is 5.82 Å². The van der Waals surface area contributed by atoms with Gasteiger partial charge in [0.05, 0.1) is 0 Å². The summed E-state index contributed by atoms with van der Waals surface area (Å²) in [5.41, 5.74) is 0.526. The Morgan fingerprint density at radius 3 is 2.73 bits per heavy atom. The minimum atomic E-state index is -2.53. The maximum atomic E-state index is 12.8. The van der Waals surface area contributed by atoms with Gasteiger partial charge in [-0.1, -0.05) is 0 Å². The van der Waals surface area contributed by atoms with E-state index in [2.05, 4.69) is 5.32 Å². The topological polar surface area (TPSA) is 21.3 Å². The van der Waals surface area contributed by atoms with Gasteiger partial charge in [0.2, 0.25) is 0 Å². The van der Waals surface area contributed by atoms with Crippen molar-refractivity contribution in [2.45, 2.75) is 13.0 Å². The molecule has 1 aromatic rings. The Balaban J connectivity index is 2.76. The van der Waals surface area contributed by atoms with Crippen LogP contribution in [0.4, 0.5) is 13.2 Å². The van der Waals surface area contributed by atoms with Crippen LogP contribution in [-0.4, -0.2) is 20.1 Å². The molecular weight excluding hydrogens is 207 g/mol. The molecule has 5 heteroatoms. The third-order valence-electron chi connectivity index (χ3n) is 1.75. The van der Waals surface area contributed by atoms with Gasteiger partial charge in [-0.05, 0) is 25.2 Å². The third kappa shape index (κ3) is 3.79. The lowest BCUT2D eigenvalue weighted by molar-refractivity contribution is 0.0813. The van der Waals surface area contributed by atoms with Crippen molar-refractivity contribution < 1.29 is 17.9 Å². The molecule has 0 saturated heterocycles. The molecule has 15 heavy (non-hydrogen) atoms. The summed E-state index contributed by atoms with van der Waals surface area (Å²) < 4.78 is 41.5. The number of nitrogens with one attached hydrogen (secondary N) is 1. The molecule has 0 atom stereocenters. The Kier molecular flexibility index (Phi) is 4.42. The second-order valence-corrected chi connectivity index (χ2v) is 2.98. The van der Waals surface area contributed by atoms with Crippen LogP contribution in [0.3, 0.4) is 0 Å². The first-order valence-electron chi connectivity index (χ1n) is 4.47. The second kappa shape index (κ2) is 5.60. The van der Waals surface area contributed by atoms with E-state index < -0.39 is 18.8 Å². The lowest BCUT2D eigenvalue weighted by Gasteiger charge is -2.10. The summed E-state index contributed by atoms with van der Waals surface area (Å²) >= 11 is 0. The van der Waals surface area contributed by atoms with Crippen LogP contribution in [0.5, 0.6) is 5.75 Å². The van der Waals surface area contributed by atoms with Gasteiger partial charge in [-0.2, -0.15) is 0 Å². The summed E-state index contributed by atoms with van der Waals surface area (Å²) in [7, 11) is 1.68. The minimum Gasteiger partial charge on any atom is -0.487 e. The van der Waals surface area contributed by atoms with Crippen molar-refractivity contribution in [3.8, 4) is 5.75 Å². The third-order valence-corrected chi connectivity index (χ3v) is 1.75. The maximum Gasteiger partial charge on any atom is 0.272 e. The zero-order valence-electron chi connectivity index (χ0n) is 8.27. The number of hydrogen-bond acceptors (Lipinski definition) is 2. The highest BCUT2D eigenvalue weighted by Gasteiger charge is 2.08. The average molecular weight is 219 g/mol. The smallest absolute Gasteiger partial charge is 0.272 e. The van der Waals surface area contributed by atoms with E-state index in [1.165, 1.54) is 18.2 Å². The number of alkyl halides is 2. The van der Waals surface area contributed by atoms with Crippen LogP contribution >= 0.6 is 0 Å². The van der Waals surface area contributed by atoms with Gasteiger partial charge < -0.3 is 10.1 Å². The molecule has 0 heterocycles. The Labute approximate surface area is 86.1 Å². The van der Waals surface area contributed by atoms with E-state index in [0.717, 1.165) is 0 Å². The first-order valence-corrected chi connectivity index (χ1v) is 4.47. The van der Waals surface area contributed by atoms with E-state index in [4.69, 9.17) is 4.74 Å². The molecule has 0 amide bonds. The molecular formula is C10H12F3NO. The van der Waals surface area contributed by atoms with Gasteiger partial charge in [-0.15, -0.1) is 0 Å². The molecule has 0 radical (unpaired) electrons. The van der Waals surface area contributed by atoms with E-state index in [-0.39, 0.29) is 5.75 Å². The Bertz CT molecular complexity index is 318. The second-order valence-electron chi connectivity index (χ2n) is 2.98. The van der Waals surface area contributed by atoms with E-state index in [1.807, 2.05) is 0 Å². The highest BCUT2D eigenvalue weighted by Crippen LogP contribution is 2.20. The molecule has 0 aliphatic rings. The Morgan fingerprint density at radius 1 is 1.40 bits per heavy atom. The van der Waals surface area contributed by atoms with Crippen molar-refractivity contribution in [3.63, 3.8) is 0 Å². The highest BCUT2D eigenvalue weighted by atomic mass is 19.3. The zero-order valence-corrected chi connectivity index (χ0v) is 8.27. The monoisotopic (exact) mass is 219 g/mol. The summed E-state index contributed by atoms with van der Waals surface area (Å²) in [5, 5.41) is 2.81. The van der Waals surface area contributed by atoms with Crippen molar-refractivity contribution in [1.29, 1.82) is 0 Å². The molecule has 1 rings (SSSR count). The zero-order chi connectivity index (χ0) is 11.3. The van der Waals surface area contributed by atoms with Crippen LogP contribution < -0.4 is 10.1 Å². The van der Waals surface area contributed by atoms with Crippen LogP contribution in [-0.2, 0) is 6.54 Å². The van der Waals surface area contributed by atoms with E-state index in [1.54, 1.807) is 7.05 Å². The van der Waals surface area contributed by atoms with Gasteiger partial charge in [-0.25, -0.2) is 13.2 Å². The van der Waals surface area contributed by atoms with Gasteiger partial charge in [0.25, 0.3) is 6.43 Å². The molecule has 0 saturated carbocycles. The number of halogens is 3. The summed E-state index contributed by atoms with van der Waals surface area (Å²) in [6.07, 6.45) is -2.53. The van der Waals surface area contributed by atoms with Crippen molar-refractivity contribution in [2.24, 2.45) is 0 Å². The summed E-state index contributed by atoms with van der Waals surface area (Å²) in [5.74, 6) is -0.129. The van der Waals surface area contributed by atoms with Crippen LogP contribution in [0.25, 0.3) is 0 Å². The molecule has 0 aromatic heterocycles. The van der Waals surface area contributed by atoms with E-state index in [0.29, 0.717) is 12.1 Å². The maximum absolute atomic E-state index is 12.8. The Hall–Kier alpha value is -1.23. The molecule has 0 unspecified atom stereocenters. The summed E-state index contributed by atoms with van der Waals surface area (Å²) in [6.45, 7) is -0.307. The lowest BCUT2D eigenvalue weighted by atomic mass is 10.2. The van der Waals surface area contributed by atoms with Crippen molar-refractivity contribution in [3.05, 3.63) is 29.6 Å². The number of rotatable bonds is 5. The van der Waals surface area contributed by atoms with Gasteiger partial charge >= 0.3 is 0 Å². The minimum absolute atomic E-state index is 0.283. The molecule has 1 N–H and O–H groups in total. The Morgan fingerprint density at radius 2 is 2.13 bits per heavy atom.